The maximum atomic E-state index is 5.06. The minimum atomic E-state index is 0.383. The molecule has 1 unspecified atom stereocenters. The fraction of sp³-hybridized carbons (Fsp3) is 0.500. The molecule has 1 aromatic carbocycles. The minimum Gasteiger partial charge on any atom is -0.352 e. The average Bonchev–Trinajstić information content (AvgIpc) is 3.29. The van der Waals surface area contributed by atoms with Crippen molar-refractivity contribution < 1.29 is 0 Å². The molecule has 4 nitrogen and oxygen atoms in total. The Labute approximate surface area is 177 Å². The first-order chi connectivity index (χ1) is 14.2. The summed E-state index contributed by atoms with van der Waals surface area (Å²) in [5, 5.41) is 8.39. The second kappa shape index (κ2) is 8.04. The number of nitrogens with zero attached hydrogens (tertiary/aromatic N) is 2. The van der Waals surface area contributed by atoms with Crippen LogP contribution < -0.4 is 10.6 Å². The molecular formula is C24H30N4S. The predicted octanol–water partition coefficient (Wildman–Crippen LogP) is 5.35. The van der Waals surface area contributed by atoms with Crippen molar-refractivity contribution in [2.24, 2.45) is 5.92 Å². The molecule has 2 aliphatic rings. The van der Waals surface area contributed by atoms with E-state index in [4.69, 9.17) is 9.97 Å². The summed E-state index contributed by atoms with van der Waals surface area (Å²) in [5.74, 6) is 1.58. The SMILES string of the molecule is Cc1ccc(-c2nc(NC(C)CC3CCNCC3)nc3sc4c(c23)CCC4)cc1. The zero-order chi connectivity index (χ0) is 19.8. The van der Waals surface area contributed by atoms with Crippen LogP contribution in [0.25, 0.3) is 21.5 Å². The summed E-state index contributed by atoms with van der Waals surface area (Å²) in [7, 11) is 0. The molecule has 152 valence electrons. The van der Waals surface area contributed by atoms with Gasteiger partial charge in [0.15, 0.2) is 0 Å². The molecular weight excluding hydrogens is 376 g/mol. The molecule has 1 saturated heterocycles. The van der Waals surface area contributed by atoms with E-state index < -0.39 is 0 Å². The van der Waals surface area contributed by atoms with E-state index >= 15 is 0 Å². The van der Waals surface area contributed by atoms with Crippen LogP contribution in [-0.4, -0.2) is 29.1 Å². The van der Waals surface area contributed by atoms with E-state index in [-0.39, 0.29) is 0 Å². The molecule has 1 fully saturated rings. The lowest BCUT2D eigenvalue weighted by Crippen LogP contribution is -2.31. The zero-order valence-corrected chi connectivity index (χ0v) is 18.2. The quantitative estimate of drug-likeness (QED) is 0.600. The largest absolute Gasteiger partial charge is 0.352 e. The molecule has 2 N–H and O–H groups in total. The monoisotopic (exact) mass is 406 g/mol. The van der Waals surface area contributed by atoms with Crippen LogP contribution in [0.5, 0.6) is 0 Å². The lowest BCUT2D eigenvalue weighted by Gasteiger charge is -2.25. The van der Waals surface area contributed by atoms with Crippen LogP contribution in [-0.2, 0) is 12.8 Å². The highest BCUT2D eigenvalue weighted by Gasteiger charge is 2.24. The molecule has 5 rings (SSSR count). The van der Waals surface area contributed by atoms with E-state index in [9.17, 15) is 0 Å². The highest BCUT2D eigenvalue weighted by molar-refractivity contribution is 7.19. The number of hydrogen-bond donors (Lipinski definition) is 2. The first-order valence-corrected chi connectivity index (χ1v) is 11.9. The molecule has 3 heterocycles. The maximum absolute atomic E-state index is 5.06. The van der Waals surface area contributed by atoms with Crippen LogP contribution in [0.4, 0.5) is 5.95 Å². The number of nitrogens with one attached hydrogen (secondary N) is 2. The Morgan fingerprint density at radius 2 is 1.93 bits per heavy atom. The molecule has 0 radical (unpaired) electrons. The lowest BCUT2D eigenvalue weighted by atomic mass is 9.91. The summed E-state index contributed by atoms with van der Waals surface area (Å²) in [6.07, 6.45) is 7.35. The van der Waals surface area contributed by atoms with Crippen LogP contribution >= 0.6 is 11.3 Å². The van der Waals surface area contributed by atoms with E-state index in [1.807, 2.05) is 11.3 Å². The number of hydrogen-bond acceptors (Lipinski definition) is 5. The standard InChI is InChI=1S/C24H30N4S/c1-15-6-8-18(9-7-15)22-21-19-4-3-5-20(19)29-23(21)28-24(27-22)26-16(2)14-17-10-12-25-13-11-17/h6-9,16-17,25H,3-5,10-14H2,1-2H3,(H,26,27,28). The smallest absolute Gasteiger partial charge is 0.224 e. The lowest BCUT2D eigenvalue weighted by molar-refractivity contribution is 0.342. The van der Waals surface area contributed by atoms with E-state index in [1.54, 1.807) is 0 Å². The van der Waals surface area contributed by atoms with Crippen LogP contribution in [0.3, 0.4) is 0 Å². The number of aryl methyl sites for hydroxylation is 3. The number of fused-ring (bicyclic) bond motifs is 3. The molecule has 5 heteroatoms. The van der Waals surface area contributed by atoms with E-state index in [0.717, 1.165) is 41.9 Å². The van der Waals surface area contributed by atoms with Gasteiger partial charge in [-0.25, -0.2) is 9.97 Å². The second-order valence-electron chi connectivity index (χ2n) is 8.77. The first kappa shape index (κ1) is 19.0. The summed E-state index contributed by atoms with van der Waals surface area (Å²) in [4.78, 5) is 12.7. The van der Waals surface area contributed by atoms with Crippen molar-refractivity contribution in [1.82, 2.24) is 15.3 Å². The summed E-state index contributed by atoms with van der Waals surface area (Å²) in [6, 6.07) is 9.16. The topological polar surface area (TPSA) is 49.8 Å². The van der Waals surface area contributed by atoms with Crippen LogP contribution in [0.2, 0.25) is 0 Å². The van der Waals surface area contributed by atoms with E-state index in [2.05, 4.69) is 48.7 Å². The number of anilines is 1. The number of thiophene rings is 1. The highest BCUT2D eigenvalue weighted by atomic mass is 32.1. The van der Waals surface area contributed by atoms with Gasteiger partial charge in [-0.05, 0) is 76.9 Å². The summed E-state index contributed by atoms with van der Waals surface area (Å²) in [5.41, 5.74) is 5.08. The maximum Gasteiger partial charge on any atom is 0.224 e. The summed E-state index contributed by atoms with van der Waals surface area (Å²) in [6.45, 7) is 6.71. The van der Waals surface area contributed by atoms with Gasteiger partial charge < -0.3 is 10.6 Å². The highest BCUT2D eigenvalue weighted by Crippen LogP contribution is 2.41. The Morgan fingerprint density at radius 3 is 2.72 bits per heavy atom. The van der Waals surface area contributed by atoms with Gasteiger partial charge in [0.1, 0.15) is 4.83 Å². The van der Waals surface area contributed by atoms with Crippen molar-refractivity contribution in [1.29, 1.82) is 0 Å². The van der Waals surface area contributed by atoms with Crippen molar-refractivity contribution >= 4 is 27.5 Å². The van der Waals surface area contributed by atoms with E-state index in [1.165, 1.54) is 59.1 Å². The first-order valence-electron chi connectivity index (χ1n) is 11.0. The molecule has 0 spiro atoms. The minimum absolute atomic E-state index is 0.383. The number of benzene rings is 1. The molecule has 1 aliphatic carbocycles. The van der Waals surface area contributed by atoms with Crippen molar-refractivity contribution in [2.75, 3.05) is 18.4 Å². The number of aromatic nitrogens is 2. The van der Waals surface area contributed by atoms with Gasteiger partial charge >= 0.3 is 0 Å². The average molecular weight is 407 g/mol. The van der Waals surface area contributed by atoms with Crippen molar-refractivity contribution in [3.8, 4) is 11.3 Å². The van der Waals surface area contributed by atoms with Crippen LogP contribution in [0.1, 0.15) is 48.6 Å². The van der Waals surface area contributed by atoms with Crippen molar-refractivity contribution in [3.63, 3.8) is 0 Å². The van der Waals surface area contributed by atoms with Crippen molar-refractivity contribution in [3.05, 3.63) is 40.3 Å². The zero-order valence-electron chi connectivity index (χ0n) is 17.4. The Morgan fingerprint density at radius 1 is 1.14 bits per heavy atom. The molecule has 0 bridgehead atoms. The van der Waals surface area contributed by atoms with E-state index in [0.29, 0.717) is 6.04 Å². The van der Waals surface area contributed by atoms with Gasteiger partial charge in [-0.15, -0.1) is 11.3 Å². The number of piperidine rings is 1. The normalized spacial score (nSPS) is 18.1. The van der Waals surface area contributed by atoms with Crippen molar-refractivity contribution in [2.45, 2.75) is 58.4 Å². The molecule has 2 aromatic heterocycles. The Hall–Kier alpha value is -1.98. The Bertz CT molecular complexity index is 1000. The third-order valence-electron chi connectivity index (χ3n) is 6.41. The Balaban J connectivity index is 1.49. The summed E-state index contributed by atoms with van der Waals surface area (Å²) >= 11 is 1.88. The van der Waals surface area contributed by atoms with Gasteiger partial charge in [-0.3, -0.25) is 0 Å². The second-order valence-corrected chi connectivity index (χ2v) is 9.86. The molecule has 1 atom stereocenters. The molecule has 29 heavy (non-hydrogen) atoms. The summed E-state index contributed by atoms with van der Waals surface area (Å²) < 4.78 is 0. The van der Waals surface area contributed by atoms with Crippen LogP contribution in [0.15, 0.2) is 24.3 Å². The molecule has 1 aliphatic heterocycles. The van der Waals surface area contributed by atoms with Crippen LogP contribution in [0, 0.1) is 12.8 Å². The predicted molar refractivity (Wildman–Crippen MR) is 123 cm³/mol. The molecule has 3 aromatic rings. The Kier molecular flexibility index (Phi) is 5.27. The van der Waals surface area contributed by atoms with Gasteiger partial charge in [0.05, 0.1) is 5.69 Å². The third kappa shape index (κ3) is 3.90. The fourth-order valence-electron chi connectivity index (χ4n) is 4.88. The van der Waals surface area contributed by atoms with Gasteiger partial charge in [0.2, 0.25) is 5.95 Å². The van der Waals surface area contributed by atoms with Gasteiger partial charge in [0, 0.05) is 21.9 Å². The number of rotatable bonds is 5. The third-order valence-corrected chi connectivity index (χ3v) is 7.60. The van der Waals surface area contributed by atoms with Gasteiger partial charge in [-0.2, -0.15) is 0 Å². The molecule has 0 amide bonds. The van der Waals surface area contributed by atoms with Gasteiger partial charge in [0.25, 0.3) is 0 Å². The molecule has 0 saturated carbocycles. The van der Waals surface area contributed by atoms with Gasteiger partial charge in [-0.1, -0.05) is 29.8 Å². The fourth-order valence-corrected chi connectivity index (χ4v) is 6.14.